The van der Waals surface area contributed by atoms with Crippen LogP contribution in [0.15, 0.2) is 58.5 Å². The molecule has 0 aliphatic heterocycles. The van der Waals surface area contributed by atoms with Gasteiger partial charge in [0, 0.05) is 20.8 Å². The summed E-state index contributed by atoms with van der Waals surface area (Å²) in [6.07, 6.45) is 0. The topological polar surface area (TPSA) is 39.6 Å². The van der Waals surface area contributed by atoms with Crippen LogP contribution >= 0.6 is 23.4 Å². The quantitative estimate of drug-likeness (QED) is 0.731. The number of hydrogen-bond donors (Lipinski definition) is 1. The van der Waals surface area contributed by atoms with Crippen molar-refractivity contribution in [1.29, 1.82) is 5.26 Å². The number of rotatable bonds is 2. The van der Waals surface area contributed by atoms with E-state index in [9.17, 15) is 0 Å². The number of halogens is 1. The lowest BCUT2D eigenvalue weighted by atomic mass is 10.2. The van der Waals surface area contributed by atoms with E-state index in [1.807, 2.05) is 24.3 Å². The van der Waals surface area contributed by atoms with Gasteiger partial charge in [0.2, 0.25) is 0 Å². The van der Waals surface area contributed by atoms with Crippen molar-refractivity contribution in [3.8, 4) is 6.07 Å². The van der Waals surface area contributed by atoms with Crippen LogP contribution < -0.4 is 0 Å². The van der Waals surface area contributed by atoms with Crippen LogP contribution in [0.5, 0.6) is 0 Å². The number of nitrogens with one attached hydrogen (secondary N) is 1. The summed E-state index contributed by atoms with van der Waals surface area (Å²) in [5.74, 6) is 0. The standard InChI is InChI=1S/C15H9ClN2S/c16-12-5-6-14(11(7-12)9-17)19-15-8-10-3-1-2-4-13(10)18-15/h1-8,18H. The molecule has 1 aromatic heterocycles. The van der Waals surface area contributed by atoms with Crippen molar-refractivity contribution < 1.29 is 0 Å². The number of H-pyrrole nitrogens is 1. The Hall–Kier alpha value is -1.89. The van der Waals surface area contributed by atoms with E-state index >= 15 is 0 Å². The van der Waals surface area contributed by atoms with Crippen molar-refractivity contribution >= 4 is 34.3 Å². The van der Waals surface area contributed by atoms with Gasteiger partial charge in [-0.2, -0.15) is 5.26 Å². The van der Waals surface area contributed by atoms with E-state index in [0.717, 1.165) is 20.8 Å². The second-order valence-corrected chi connectivity index (χ2v) is 5.60. The zero-order chi connectivity index (χ0) is 13.2. The molecule has 92 valence electrons. The van der Waals surface area contributed by atoms with E-state index < -0.39 is 0 Å². The molecule has 0 saturated heterocycles. The highest BCUT2D eigenvalue weighted by Gasteiger charge is 2.07. The zero-order valence-electron chi connectivity index (χ0n) is 9.85. The van der Waals surface area contributed by atoms with E-state index in [4.69, 9.17) is 16.9 Å². The fraction of sp³-hybridized carbons (Fsp3) is 0. The molecular weight excluding hydrogens is 276 g/mol. The van der Waals surface area contributed by atoms with E-state index in [1.165, 1.54) is 11.8 Å². The van der Waals surface area contributed by atoms with Gasteiger partial charge in [-0.3, -0.25) is 0 Å². The third kappa shape index (κ3) is 2.46. The maximum Gasteiger partial charge on any atom is 0.100 e. The average molecular weight is 285 g/mol. The van der Waals surface area contributed by atoms with Crippen LogP contribution in [0, 0.1) is 11.3 Å². The molecule has 0 aliphatic carbocycles. The molecule has 0 amide bonds. The first-order chi connectivity index (χ1) is 9.26. The molecule has 0 unspecified atom stereocenters. The Morgan fingerprint density at radius 1 is 1.11 bits per heavy atom. The Labute approximate surface area is 120 Å². The molecule has 2 aromatic carbocycles. The summed E-state index contributed by atoms with van der Waals surface area (Å²) in [5, 5.41) is 11.9. The minimum Gasteiger partial charge on any atom is -0.349 e. The highest BCUT2D eigenvalue weighted by Crippen LogP contribution is 2.32. The van der Waals surface area contributed by atoms with Crippen LogP contribution in [-0.2, 0) is 0 Å². The van der Waals surface area contributed by atoms with Crippen molar-refractivity contribution in [3.63, 3.8) is 0 Å². The van der Waals surface area contributed by atoms with Crippen molar-refractivity contribution in [3.05, 3.63) is 59.1 Å². The predicted octanol–water partition coefficient (Wildman–Crippen LogP) is 4.84. The third-order valence-electron chi connectivity index (χ3n) is 2.79. The number of fused-ring (bicyclic) bond motifs is 1. The summed E-state index contributed by atoms with van der Waals surface area (Å²) in [6, 6.07) is 17.7. The maximum absolute atomic E-state index is 9.13. The minimum atomic E-state index is 0.581. The summed E-state index contributed by atoms with van der Waals surface area (Å²) in [5.41, 5.74) is 1.69. The molecule has 0 atom stereocenters. The summed E-state index contributed by atoms with van der Waals surface area (Å²) >= 11 is 7.43. The summed E-state index contributed by atoms with van der Waals surface area (Å²) < 4.78 is 0. The van der Waals surface area contributed by atoms with Crippen LogP contribution in [0.1, 0.15) is 5.56 Å². The van der Waals surface area contributed by atoms with Crippen LogP contribution in [0.25, 0.3) is 10.9 Å². The van der Waals surface area contributed by atoms with Gasteiger partial charge in [0.05, 0.1) is 10.6 Å². The Kier molecular flexibility index (Phi) is 3.20. The number of aromatic nitrogens is 1. The number of hydrogen-bond acceptors (Lipinski definition) is 2. The number of benzene rings is 2. The lowest BCUT2D eigenvalue weighted by molar-refractivity contribution is 1.23. The van der Waals surface area contributed by atoms with Gasteiger partial charge in [-0.15, -0.1) is 0 Å². The van der Waals surface area contributed by atoms with E-state index in [2.05, 4.69) is 23.2 Å². The van der Waals surface area contributed by atoms with Crippen LogP contribution in [0.4, 0.5) is 0 Å². The number of aromatic amines is 1. The summed E-state index contributed by atoms with van der Waals surface area (Å²) in [4.78, 5) is 4.23. The molecule has 0 saturated carbocycles. The van der Waals surface area contributed by atoms with Crippen LogP contribution in [-0.4, -0.2) is 4.98 Å². The molecule has 0 fully saturated rings. The number of para-hydroxylation sites is 1. The number of nitriles is 1. The highest BCUT2D eigenvalue weighted by molar-refractivity contribution is 7.99. The van der Waals surface area contributed by atoms with Gasteiger partial charge in [-0.1, -0.05) is 41.6 Å². The normalized spacial score (nSPS) is 10.5. The van der Waals surface area contributed by atoms with E-state index in [1.54, 1.807) is 12.1 Å². The van der Waals surface area contributed by atoms with Gasteiger partial charge in [-0.25, -0.2) is 0 Å². The van der Waals surface area contributed by atoms with Gasteiger partial charge in [-0.05, 0) is 30.3 Å². The van der Waals surface area contributed by atoms with Crippen LogP contribution in [0.3, 0.4) is 0 Å². The van der Waals surface area contributed by atoms with Gasteiger partial charge in [0.1, 0.15) is 6.07 Å². The molecule has 1 heterocycles. The molecule has 3 rings (SSSR count). The van der Waals surface area contributed by atoms with Crippen molar-refractivity contribution in [1.82, 2.24) is 4.98 Å². The lowest BCUT2D eigenvalue weighted by Crippen LogP contribution is -1.81. The Morgan fingerprint density at radius 2 is 1.95 bits per heavy atom. The minimum absolute atomic E-state index is 0.581. The highest BCUT2D eigenvalue weighted by atomic mass is 35.5. The molecule has 4 heteroatoms. The molecule has 2 nitrogen and oxygen atoms in total. The molecule has 0 aliphatic rings. The zero-order valence-corrected chi connectivity index (χ0v) is 11.4. The van der Waals surface area contributed by atoms with Gasteiger partial charge in [0.25, 0.3) is 0 Å². The third-order valence-corrected chi connectivity index (χ3v) is 4.04. The van der Waals surface area contributed by atoms with Crippen LogP contribution in [0.2, 0.25) is 5.02 Å². The Bertz CT molecular complexity index is 753. The van der Waals surface area contributed by atoms with Crippen molar-refractivity contribution in [2.45, 2.75) is 9.92 Å². The lowest BCUT2D eigenvalue weighted by Gasteiger charge is -2.02. The average Bonchev–Trinajstić information content (AvgIpc) is 2.83. The van der Waals surface area contributed by atoms with Gasteiger partial charge in [0.15, 0.2) is 0 Å². The van der Waals surface area contributed by atoms with E-state index in [-0.39, 0.29) is 0 Å². The summed E-state index contributed by atoms with van der Waals surface area (Å²) in [7, 11) is 0. The molecular formula is C15H9ClN2S. The molecule has 3 aromatic rings. The first-order valence-corrected chi connectivity index (χ1v) is 6.91. The van der Waals surface area contributed by atoms with Gasteiger partial charge >= 0.3 is 0 Å². The molecule has 1 N–H and O–H groups in total. The van der Waals surface area contributed by atoms with Gasteiger partial charge < -0.3 is 4.98 Å². The van der Waals surface area contributed by atoms with E-state index in [0.29, 0.717) is 10.6 Å². The Balaban J connectivity index is 1.99. The second kappa shape index (κ2) is 5.00. The first-order valence-electron chi connectivity index (χ1n) is 5.71. The first kappa shape index (κ1) is 12.2. The molecule has 19 heavy (non-hydrogen) atoms. The summed E-state index contributed by atoms with van der Waals surface area (Å²) in [6.45, 7) is 0. The van der Waals surface area contributed by atoms with Crippen molar-refractivity contribution in [2.24, 2.45) is 0 Å². The fourth-order valence-corrected chi connectivity index (χ4v) is 3.01. The fourth-order valence-electron chi connectivity index (χ4n) is 1.90. The number of nitrogens with zero attached hydrogens (tertiary/aromatic N) is 1. The SMILES string of the molecule is N#Cc1cc(Cl)ccc1Sc1cc2ccccc2[nH]1. The Morgan fingerprint density at radius 3 is 2.74 bits per heavy atom. The predicted molar refractivity (Wildman–Crippen MR) is 78.6 cm³/mol. The maximum atomic E-state index is 9.13. The molecule has 0 spiro atoms. The molecule has 0 radical (unpaired) electrons. The largest absolute Gasteiger partial charge is 0.349 e. The smallest absolute Gasteiger partial charge is 0.100 e. The monoisotopic (exact) mass is 284 g/mol. The molecule has 0 bridgehead atoms. The van der Waals surface area contributed by atoms with Crippen molar-refractivity contribution in [2.75, 3.05) is 0 Å². The second-order valence-electron chi connectivity index (χ2n) is 4.08.